The average molecular weight is 503 g/mol. The smallest absolute Gasteiger partial charge is 0.301 e. The van der Waals surface area contributed by atoms with Crippen LogP contribution in [0.2, 0.25) is 0 Å². The van der Waals surface area contributed by atoms with Crippen molar-refractivity contribution in [2.24, 2.45) is 0 Å². The lowest BCUT2D eigenvalue weighted by molar-refractivity contribution is -0.132. The van der Waals surface area contributed by atoms with Crippen molar-refractivity contribution in [3.63, 3.8) is 0 Å². The summed E-state index contributed by atoms with van der Waals surface area (Å²) in [6, 6.07) is 15.1. The van der Waals surface area contributed by atoms with Crippen LogP contribution in [-0.4, -0.2) is 43.1 Å². The van der Waals surface area contributed by atoms with Gasteiger partial charge in [-0.3, -0.25) is 14.5 Å². The Morgan fingerprint density at radius 3 is 2.36 bits per heavy atom. The molecule has 4 aromatic rings. The molecule has 0 bridgehead atoms. The number of ketones is 1. The molecule has 5 rings (SSSR count). The summed E-state index contributed by atoms with van der Waals surface area (Å²) >= 11 is 1.23. The number of nitrogens with zero attached hydrogens (tertiary/aromatic N) is 2. The van der Waals surface area contributed by atoms with E-state index in [2.05, 4.69) is 4.98 Å². The Kier molecular flexibility index (Phi) is 6.07. The van der Waals surface area contributed by atoms with Crippen LogP contribution in [0.5, 0.6) is 17.2 Å². The molecule has 0 radical (unpaired) electrons. The lowest BCUT2D eigenvalue weighted by atomic mass is 9.94. The van der Waals surface area contributed by atoms with Crippen molar-refractivity contribution in [1.29, 1.82) is 0 Å². The third-order valence-corrected chi connectivity index (χ3v) is 6.88. The van der Waals surface area contributed by atoms with E-state index in [0.717, 1.165) is 10.8 Å². The van der Waals surface area contributed by atoms with Gasteiger partial charge in [-0.05, 0) is 46.7 Å². The van der Waals surface area contributed by atoms with E-state index in [4.69, 9.17) is 14.2 Å². The first kappa shape index (κ1) is 23.4. The number of thiazole rings is 1. The molecular formula is C27H22N2O6S. The second-order valence-corrected chi connectivity index (χ2v) is 8.90. The monoisotopic (exact) mass is 502 g/mol. The highest BCUT2D eigenvalue weighted by molar-refractivity contribution is 7.14. The molecular weight excluding hydrogens is 480 g/mol. The molecule has 0 spiro atoms. The summed E-state index contributed by atoms with van der Waals surface area (Å²) in [5.74, 6) is -0.196. The van der Waals surface area contributed by atoms with Gasteiger partial charge in [0.05, 0.1) is 32.9 Å². The number of carbonyl (C=O) groups is 2. The van der Waals surface area contributed by atoms with Crippen LogP contribution >= 0.6 is 11.3 Å². The zero-order valence-electron chi connectivity index (χ0n) is 19.7. The third-order valence-electron chi connectivity index (χ3n) is 6.11. The van der Waals surface area contributed by atoms with E-state index >= 15 is 0 Å². The lowest BCUT2D eigenvalue weighted by Crippen LogP contribution is -2.29. The van der Waals surface area contributed by atoms with Gasteiger partial charge in [0.1, 0.15) is 11.5 Å². The van der Waals surface area contributed by atoms with Gasteiger partial charge in [0.25, 0.3) is 5.78 Å². The highest BCUT2D eigenvalue weighted by atomic mass is 32.1. The molecule has 1 amide bonds. The Morgan fingerprint density at radius 1 is 0.917 bits per heavy atom. The molecule has 1 unspecified atom stereocenters. The number of aromatic nitrogens is 1. The quantitative estimate of drug-likeness (QED) is 0.226. The molecule has 0 aliphatic carbocycles. The molecule has 1 aromatic heterocycles. The zero-order chi connectivity index (χ0) is 25.4. The van der Waals surface area contributed by atoms with Gasteiger partial charge in [0.15, 0.2) is 16.6 Å². The summed E-state index contributed by atoms with van der Waals surface area (Å²) in [4.78, 5) is 32.1. The van der Waals surface area contributed by atoms with E-state index < -0.39 is 17.7 Å². The predicted octanol–water partition coefficient (Wildman–Crippen LogP) is 4.95. The maximum atomic E-state index is 13.3. The van der Waals surface area contributed by atoms with Crippen LogP contribution in [0.25, 0.3) is 16.5 Å². The van der Waals surface area contributed by atoms with E-state index in [1.807, 2.05) is 24.3 Å². The van der Waals surface area contributed by atoms with Crippen molar-refractivity contribution in [3.05, 3.63) is 82.9 Å². The fraction of sp³-hybridized carbons (Fsp3) is 0.148. The number of hydrogen-bond acceptors (Lipinski definition) is 8. The Bertz CT molecular complexity index is 1510. The lowest BCUT2D eigenvalue weighted by Gasteiger charge is -2.23. The van der Waals surface area contributed by atoms with Crippen molar-refractivity contribution < 1.29 is 28.9 Å². The molecule has 3 aromatic carbocycles. The second kappa shape index (κ2) is 9.35. The van der Waals surface area contributed by atoms with Gasteiger partial charge in [-0.15, -0.1) is 11.3 Å². The first-order valence-corrected chi connectivity index (χ1v) is 11.9. The van der Waals surface area contributed by atoms with Crippen molar-refractivity contribution in [1.82, 2.24) is 4.98 Å². The molecule has 36 heavy (non-hydrogen) atoms. The Labute approximate surface area is 211 Å². The summed E-state index contributed by atoms with van der Waals surface area (Å²) in [6.45, 7) is 0. The minimum Gasteiger partial charge on any atom is -0.507 e. The number of aliphatic hydroxyl groups excluding tert-OH is 1. The average Bonchev–Trinajstić information content (AvgIpc) is 3.53. The number of amides is 1. The standard InChI is InChI=1S/C27H22N2O6S/c1-33-19-8-6-15-12-18(5-4-16(15)13-19)24(30)22-23(17-7-9-20(34-2)21(14-17)35-3)29(26(32)25(22)31)27-28-10-11-36-27/h4-14,23,30H,1-3H3/b24-22+. The van der Waals surface area contributed by atoms with Crippen LogP contribution in [0, 0.1) is 0 Å². The molecule has 182 valence electrons. The third kappa shape index (κ3) is 3.83. The highest BCUT2D eigenvalue weighted by Gasteiger charge is 2.48. The van der Waals surface area contributed by atoms with E-state index in [9.17, 15) is 14.7 Å². The summed E-state index contributed by atoms with van der Waals surface area (Å²) in [5.41, 5.74) is 0.944. The van der Waals surface area contributed by atoms with Gasteiger partial charge >= 0.3 is 5.91 Å². The van der Waals surface area contributed by atoms with E-state index in [0.29, 0.717) is 33.5 Å². The van der Waals surface area contributed by atoms with Crippen LogP contribution in [0.15, 0.2) is 71.7 Å². The van der Waals surface area contributed by atoms with Gasteiger partial charge in [-0.25, -0.2) is 4.98 Å². The Morgan fingerprint density at radius 2 is 1.67 bits per heavy atom. The van der Waals surface area contributed by atoms with E-state index in [1.54, 1.807) is 49.0 Å². The molecule has 1 saturated heterocycles. The SMILES string of the molecule is COc1ccc2cc(/C(O)=C3\C(=O)C(=O)N(c4nccs4)C3c3ccc(OC)c(OC)c3)ccc2c1. The van der Waals surface area contributed by atoms with Gasteiger partial charge in [-0.1, -0.05) is 24.3 Å². The van der Waals surface area contributed by atoms with Crippen molar-refractivity contribution in [2.45, 2.75) is 6.04 Å². The number of ether oxygens (including phenoxy) is 3. The van der Waals surface area contributed by atoms with Crippen molar-refractivity contribution >= 4 is 44.7 Å². The second-order valence-electron chi connectivity index (χ2n) is 8.03. The van der Waals surface area contributed by atoms with Crippen LogP contribution in [0.1, 0.15) is 17.2 Å². The van der Waals surface area contributed by atoms with Gasteiger partial charge < -0.3 is 19.3 Å². The highest BCUT2D eigenvalue weighted by Crippen LogP contribution is 2.44. The van der Waals surface area contributed by atoms with Crippen LogP contribution in [-0.2, 0) is 9.59 Å². The molecule has 1 aliphatic rings. The van der Waals surface area contributed by atoms with Gasteiger partial charge in [0, 0.05) is 17.1 Å². The molecule has 9 heteroatoms. The fourth-order valence-electron chi connectivity index (χ4n) is 4.36. The molecule has 1 aliphatic heterocycles. The van der Waals surface area contributed by atoms with E-state index in [1.165, 1.54) is 30.5 Å². The van der Waals surface area contributed by atoms with E-state index in [-0.39, 0.29) is 11.3 Å². The Balaban J connectivity index is 1.71. The topological polar surface area (TPSA) is 98.2 Å². The molecule has 0 saturated carbocycles. The number of benzene rings is 3. The molecule has 1 N–H and O–H groups in total. The van der Waals surface area contributed by atoms with Crippen molar-refractivity contribution in [2.75, 3.05) is 26.2 Å². The predicted molar refractivity (Wildman–Crippen MR) is 137 cm³/mol. The van der Waals surface area contributed by atoms with Crippen LogP contribution in [0.4, 0.5) is 5.13 Å². The number of Topliss-reactive ketones (excluding diaryl/α,β-unsaturated/α-hetero) is 1. The maximum absolute atomic E-state index is 13.3. The van der Waals surface area contributed by atoms with Crippen molar-refractivity contribution in [3.8, 4) is 17.2 Å². The number of fused-ring (bicyclic) bond motifs is 1. The molecule has 1 atom stereocenters. The first-order chi connectivity index (χ1) is 17.5. The van der Waals surface area contributed by atoms with Gasteiger partial charge in [-0.2, -0.15) is 0 Å². The zero-order valence-corrected chi connectivity index (χ0v) is 20.5. The normalized spacial score (nSPS) is 17.0. The summed E-state index contributed by atoms with van der Waals surface area (Å²) in [6.07, 6.45) is 1.56. The minimum absolute atomic E-state index is 0.0321. The number of anilines is 1. The first-order valence-electron chi connectivity index (χ1n) is 11.0. The number of methoxy groups -OCH3 is 3. The number of rotatable bonds is 6. The van der Waals surface area contributed by atoms with Crippen LogP contribution < -0.4 is 19.1 Å². The molecule has 1 fully saturated rings. The number of hydrogen-bond donors (Lipinski definition) is 1. The minimum atomic E-state index is -0.914. The number of carbonyl (C=O) groups excluding carboxylic acids is 2. The maximum Gasteiger partial charge on any atom is 0.301 e. The van der Waals surface area contributed by atoms with Gasteiger partial charge in [0.2, 0.25) is 0 Å². The number of aliphatic hydroxyl groups is 1. The summed E-state index contributed by atoms with van der Waals surface area (Å²) in [5, 5.41) is 15.2. The summed E-state index contributed by atoms with van der Waals surface area (Å²) < 4.78 is 16.1. The largest absolute Gasteiger partial charge is 0.507 e. The molecule has 8 nitrogen and oxygen atoms in total. The summed E-state index contributed by atoms with van der Waals surface area (Å²) in [7, 11) is 4.62. The fourth-order valence-corrected chi connectivity index (χ4v) is 5.02. The molecule has 2 heterocycles. The Hall–Kier alpha value is -4.37. The van der Waals surface area contributed by atoms with Crippen LogP contribution in [0.3, 0.4) is 0 Å².